The highest BCUT2D eigenvalue weighted by Crippen LogP contribution is 2.34. The fourth-order valence-electron chi connectivity index (χ4n) is 3.13. The van der Waals surface area contributed by atoms with E-state index in [4.69, 9.17) is 9.47 Å². The normalized spacial score (nSPS) is 23.5. The number of H-pyrrole nitrogens is 1. The van der Waals surface area contributed by atoms with Crippen LogP contribution >= 0.6 is 0 Å². The summed E-state index contributed by atoms with van der Waals surface area (Å²) in [6, 6.07) is 3.81. The van der Waals surface area contributed by atoms with E-state index in [1.807, 2.05) is 18.3 Å². The maximum atomic E-state index is 12.3. The largest absolute Gasteiger partial charge is 0.375 e. The first-order valence-electron chi connectivity index (χ1n) is 7.41. The smallest absolute Gasteiger partial charge is 0.271 e. The minimum Gasteiger partial charge on any atom is -0.375 e. The molecule has 1 atom stereocenters. The fourth-order valence-corrected chi connectivity index (χ4v) is 3.13. The van der Waals surface area contributed by atoms with Crippen LogP contribution in [-0.2, 0) is 9.47 Å². The van der Waals surface area contributed by atoms with Gasteiger partial charge in [0.15, 0.2) is 0 Å². The molecule has 1 unspecified atom stereocenters. The van der Waals surface area contributed by atoms with Crippen LogP contribution in [0.25, 0.3) is 5.69 Å². The third-order valence-electron chi connectivity index (χ3n) is 4.59. The highest BCUT2D eigenvalue weighted by molar-refractivity contribution is 5.52. The van der Waals surface area contributed by atoms with Crippen molar-refractivity contribution in [3.05, 3.63) is 41.1 Å². The van der Waals surface area contributed by atoms with Crippen molar-refractivity contribution >= 4 is 5.69 Å². The van der Waals surface area contributed by atoms with Crippen LogP contribution in [0.15, 0.2) is 35.5 Å². The summed E-state index contributed by atoms with van der Waals surface area (Å²) in [4.78, 5) is 17.2. The zero-order valence-electron chi connectivity index (χ0n) is 12.4. The van der Waals surface area contributed by atoms with E-state index in [2.05, 4.69) is 21.9 Å². The summed E-state index contributed by atoms with van der Waals surface area (Å²) in [6.45, 7) is 4.54. The number of aromatic amines is 1. The third-order valence-corrected chi connectivity index (χ3v) is 4.59. The first-order valence-corrected chi connectivity index (χ1v) is 7.41. The molecule has 0 saturated carbocycles. The molecular formula is C15H18N4O3. The Balaban J connectivity index is 1.72. The lowest BCUT2D eigenvalue weighted by molar-refractivity contribution is -0.228. The maximum Gasteiger partial charge on any atom is 0.271 e. The zero-order valence-corrected chi connectivity index (χ0v) is 12.4. The molecule has 0 aromatic carbocycles. The molecule has 1 spiro atoms. The minimum atomic E-state index is -0.285. The Morgan fingerprint density at radius 2 is 2.32 bits per heavy atom. The zero-order chi connectivity index (χ0) is 15.2. The predicted octanol–water partition coefficient (Wildman–Crippen LogP) is 0.555. The van der Waals surface area contributed by atoms with Gasteiger partial charge in [0.25, 0.3) is 5.56 Å². The Morgan fingerprint density at radius 1 is 1.45 bits per heavy atom. The summed E-state index contributed by atoms with van der Waals surface area (Å²) in [6.07, 6.45) is 5.23. The number of aromatic nitrogens is 3. The van der Waals surface area contributed by atoms with Crippen LogP contribution in [-0.4, -0.2) is 52.8 Å². The lowest BCUT2D eigenvalue weighted by Crippen LogP contribution is -2.68. The molecule has 22 heavy (non-hydrogen) atoms. The predicted molar refractivity (Wildman–Crippen MR) is 80.5 cm³/mol. The van der Waals surface area contributed by atoms with Crippen LogP contribution in [0.3, 0.4) is 0 Å². The molecule has 4 heterocycles. The molecule has 0 radical (unpaired) electrons. The van der Waals surface area contributed by atoms with Crippen molar-refractivity contribution in [2.45, 2.75) is 18.6 Å². The van der Waals surface area contributed by atoms with Gasteiger partial charge >= 0.3 is 0 Å². The molecule has 2 aromatic heterocycles. The van der Waals surface area contributed by atoms with Crippen LogP contribution in [0.4, 0.5) is 5.69 Å². The molecule has 116 valence electrons. The minimum absolute atomic E-state index is 0.0870. The molecule has 0 bridgehead atoms. The third kappa shape index (κ3) is 1.97. The van der Waals surface area contributed by atoms with E-state index >= 15 is 0 Å². The van der Waals surface area contributed by atoms with Crippen molar-refractivity contribution in [3.8, 4) is 5.69 Å². The number of hydrogen-bond acceptors (Lipinski definition) is 5. The van der Waals surface area contributed by atoms with Crippen LogP contribution in [0, 0.1) is 0 Å². The first kappa shape index (κ1) is 13.5. The van der Waals surface area contributed by atoms with Gasteiger partial charge < -0.3 is 19.4 Å². The van der Waals surface area contributed by atoms with Crippen LogP contribution in [0.2, 0.25) is 0 Å². The summed E-state index contributed by atoms with van der Waals surface area (Å²) in [5, 5.41) is 4.21. The lowest BCUT2D eigenvalue weighted by Gasteiger charge is -2.53. The molecule has 0 amide bonds. The summed E-state index contributed by atoms with van der Waals surface area (Å²) in [5.41, 5.74) is 1.10. The van der Waals surface area contributed by atoms with Gasteiger partial charge in [-0.15, -0.1) is 0 Å². The molecule has 4 rings (SSSR count). The quantitative estimate of drug-likeness (QED) is 0.877. The first-order chi connectivity index (χ1) is 10.7. The van der Waals surface area contributed by atoms with Crippen LogP contribution < -0.4 is 10.5 Å². The van der Waals surface area contributed by atoms with E-state index in [-0.39, 0.29) is 17.2 Å². The van der Waals surface area contributed by atoms with E-state index in [1.165, 1.54) is 0 Å². The van der Waals surface area contributed by atoms with Crippen molar-refractivity contribution in [1.29, 1.82) is 0 Å². The van der Waals surface area contributed by atoms with Crippen molar-refractivity contribution in [2.24, 2.45) is 0 Å². The Labute approximate surface area is 127 Å². The van der Waals surface area contributed by atoms with Gasteiger partial charge in [0, 0.05) is 25.1 Å². The van der Waals surface area contributed by atoms with Crippen LogP contribution in [0.5, 0.6) is 0 Å². The average Bonchev–Trinajstić information content (AvgIpc) is 3.01. The van der Waals surface area contributed by atoms with Gasteiger partial charge in [-0.05, 0) is 19.1 Å². The van der Waals surface area contributed by atoms with Gasteiger partial charge in [-0.25, -0.2) is 4.68 Å². The highest BCUT2D eigenvalue weighted by atomic mass is 16.6. The van der Waals surface area contributed by atoms with Crippen molar-refractivity contribution in [1.82, 2.24) is 14.8 Å². The Kier molecular flexibility index (Phi) is 3.05. The maximum absolute atomic E-state index is 12.3. The number of pyridine rings is 1. The second-order valence-electron chi connectivity index (χ2n) is 5.80. The van der Waals surface area contributed by atoms with Gasteiger partial charge in [0.2, 0.25) is 0 Å². The lowest BCUT2D eigenvalue weighted by atomic mass is 9.90. The number of nitrogens with one attached hydrogen (secondary N) is 1. The number of hydrogen-bond donors (Lipinski definition) is 1. The molecule has 1 N–H and O–H groups in total. The second-order valence-corrected chi connectivity index (χ2v) is 5.80. The molecule has 7 nitrogen and oxygen atoms in total. The molecule has 0 aliphatic carbocycles. The summed E-state index contributed by atoms with van der Waals surface area (Å²) in [5.74, 6) is 0. The van der Waals surface area contributed by atoms with Gasteiger partial charge in [-0.1, -0.05) is 0 Å². The molecule has 2 aromatic rings. The summed E-state index contributed by atoms with van der Waals surface area (Å²) >= 11 is 0. The monoisotopic (exact) mass is 302 g/mol. The number of rotatable bonds is 2. The van der Waals surface area contributed by atoms with Crippen LogP contribution in [0.1, 0.15) is 6.92 Å². The van der Waals surface area contributed by atoms with E-state index in [0.717, 1.165) is 5.69 Å². The summed E-state index contributed by atoms with van der Waals surface area (Å²) in [7, 11) is 0. The van der Waals surface area contributed by atoms with Gasteiger partial charge in [-0.3, -0.25) is 4.79 Å². The van der Waals surface area contributed by atoms with E-state index in [1.54, 1.807) is 17.1 Å². The SMILES string of the molecule is CC1N(c2cc(-n3cccn3)c[nH]c2=O)CCOC12COC2. The van der Waals surface area contributed by atoms with Gasteiger partial charge in [0.05, 0.1) is 31.5 Å². The number of anilines is 1. The fraction of sp³-hybridized carbons (Fsp3) is 0.467. The number of ether oxygens (including phenoxy) is 2. The van der Waals surface area contributed by atoms with Gasteiger partial charge in [-0.2, -0.15) is 5.10 Å². The average molecular weight is 302 g/mol. The number of morpholine rings is 1. The summed E-state index contributed by atoms with van der Waals surface area (Å²) < 4.78 is 13.0. The second kappa shape index (κ2) is 4.96. The highest BCUT2D eigenvalue weighted by Gasteiger charge is 2.50. The molecular weight excluding hydrogens is 284 g/mol. The molecule has 2 aliphatic heterocycles. The molecule has 7 heteroatoms. The topological polar surface area (TPSA) is 72.4 Å². The molecule has 2 aliphatic rings. The molecule has 2 saturated heterocycles. The van der Waals surface area contributed by atoms with Crippen molar-refractivity contribution in [3.63, 3.8) is 0 Å². The Morgan fingerprint density at radius 3 is 3.00 bits per heavy atom. The standard InChI is InChI=1S/C15H18N4O3/c1-11-15(9-21-10-15)22-6-5-18(11)13-7-12(8-16-14(13)20)19-4-2-3-17-19/h2-4,7-8,11H,5-6,9-10H2,1H3,(H,16,20). The van der Waals surface area contributed by atoms with Gasteiger partial charge in [0.1, 0.15) is 11.3 Å². The van der Waals surface area contributed by atoms with Crippen molar-refractivity contribution in [2.75, 3.05) is 31.3 Å². The Hall–Kier alpha value is -2.12. The Bertz CT molecular complexity index is 721. The van der Waals surface area contributed by atoms with E-state index in [0.29, 0.717) is 32.1 Å². The number of nitrogens with zero attached hydrogens (tertiary/aromatic N) is 3. The van der Waals surface area contributed by atoms with E-state index < -0.39 is 0 Å². The van der Waals surface area contributed by atoms with Crippen molar-refractivity contribution < 1.29 is 9.47 Å². The molecule has 2 fully saturated rings. The van der Waals surface area contributed by atoms with E-state index in [9.17, 15) is 4.79 Å².